The van der Waals surface area contributed by atoms with Crippen LogP contribution >= 0.6 is 11.3 Å². The van der Waals surface area contributed by atoms with Gasteiger partial charge in [-0.15, -0.1) is 11.3 Å². The summed E-state index contributed by atoms with van der Waals surface area (Å²) in [5.41, 5.74) is 1.14. The number of aromatic nitrogens is 1. The predicted molar refractivity (Wildman–Crippen MR) is 64.2 cm³/mol. The molecule has 0 aliphatic heterocycles. The maximum Gasteiger partial charge on any atom is 0.119 e. The quantitative estimate of drug-likeness (QED) is 0.729. The van der Waals surface area contributed by atoms with Gasteiger partial charge in [-0.3, -0.25) is 0 Å². The third-order valence-electron chi connectivity index (χ3n) is 2.26. The Kier molecular flexibility index (Phi) is 5.83. The van der Waals surface area contributed by atoms with Crippen molar-refractivity contribution >= 4 is 11.3 Å². The second kappa shape index (κ2) is 6.93. The van der Waals surface area contributed by atoms with Crippen molar-refractivity contribution in [3.63, 3.8) is 0 Å². The fraction of sp³-hybridized carbons (Fsp3) is 0.727. The van der Waals surface area contributed by atoms with E-state index in [1.165, 1.54) is 0 Å². The maximum atomic E-state index is 5.46. The molecule has 15 heavy (non-hydrogen) atoms. The zero-order valence-electron chi connectivity index (χ0n) is 9.75. The summed E-state index contributed by atoms with van der Waals surface area (Å²) in [7, 11) is 1.97. The first-order valence-corrected chi connectivity index (χ1v) is 6.39. The lowest BCUT2D eigenvalue weighted by Gasteiger charge is -2.09. The van der Waals surface area contributed by atoms with Crippen LogP contribution in [0.2, 0.25) is 0 Å². The summed E-state index contributed by atoms with van der Waals surface area (Å²) in [4.78, 5) is 4.56. The zero-order chi connectivity index (χ0) is 11.1. The number of rotatable bonds is 7. The molecule has 3 nitrogen and oxygen atoms in total. The standard InChI is InChI=1S/C11H20N2OS/c1-4-6-14-7-11-13-10(8-15-11)9(5-2)12-3/h8-9,12H,4-7H2,1-3H3. The van der Waals surface area contributed by atoms with Crippen molar-refractivity contribution in [1.82, 2.24) is 10.3 Å². The SMILES string of the molecule is CCCOCc1nc(C(CC)NC)cs1. The van der Waals surface area contributed by atoms with Gasteiger partial charge >= 0.3 is 0 Å². The maximum absolute atomic E-state index is 5.46. The summed E-state index contributed by atoms with van der Waals surface area (Å²) in [6, 6.07) is 0.376. The molecule has 0 aliphatic carbocycles. The largest absolute Gasteiger partial charge is 0.374 e. The van der Waals surface area contributed by atoms with Crippen LogP contribution in [0.1, 0.15) is 43.4 Å². The molecule has 0 aromatic carbocycles. The van der Waals surface area contributed by atoms with Crippen LogP contribution in [0.25, 0.3) is 0 Å². The van der Waals surface area contributed by atoms with Gasteiger partial charge in [-0.05, 0) is 19.9 Å². The van der Waals surface area contributed by atoms with Gasteiger partial charge in [0.1, 0.15) is 5.01 Å². The van der Waals surface area contributed by atoms with Crippen LogP contribution in [0.4, 0.5) is 0 Å². The topological polar surface area (TPSA) is 34.1 Å². The molecule has 0 amide bonds. The second-order valence-electron chi connectivity index (χ2n) is 3.47. The first-order valence-electron chi connectivity index (χ1n) is 5.51. The summed E-state index contributed by atoms with van der Waals surface area (Å²) >= 11 is 1.68. The number of nitrogens with one attached hydrogen (secondary N) is 1. The van der Waals surface area contributed by atoms with Crippen molar-refractivity contribution in [3.8, 4) is 0 Å². The molecule has 0 fully saturated rings. The molecule has 0 spiro atoms. The normalized spacial score (nSPS) is 13.0. The van der Waals surface area contributed by atoms with Crippen LogP contribution in [0.3, 0.4) is 0 Å². The average molecular weight is 228 g/mol. The number of hydrogen-bond acceptors (Lipinski definition) is 4. The van der Waals surface area contributed by atoms with Crippen molar-refractivity contribution in [2.24, 2.45) is 0 Å². The van der Waals surface area contributed by atoms with E-state index < -0.39 is 0 Å². The lowest BCUT2D eigenvalue weighted by molar-refractivity contribution is 0.121. The fourth-order valence-corrected chi connectivity index (χ4v) is 2.20. The molecule has 1 N–H and O–H groups in total. The van der Waals surface area contributed by atoms with Gasteiger partial charge < -0.3 is 10.1 Å². The van der Waals surface area contributed by atoms with E-state index in [9.17, 15) is 0 Å². The van der Waals surface area contributed by atoms with Gasteiger partial charge in [0.2, 0.25) is 0 Å². The molecule has 4 heteroatoms. The van der Waals surface area contributed by atoms with Crippen molar-refractivity contribution in [1.29, 1.82) is 0 Å². The van der Waals surface area contributed by atoms with Crippen molar-refractivity contribution in [3.05, 3.63) is 16.1 Å². The Balaban J connectivity index is 2.47. The summed E-state index contributed by atoms with van der Waals surface area (Å²) in [5, 5.41) is 6.45. The molecule has 0 aliphatic rings. The molecular formula is C11H20N2OS. The van der Waals surface area contributed by atoms with Gasteiger partial charge in [-0.1, -0.05) is 13.8 Å². The molecule has 0 bridgehead atoms. The molecule has 86 valence electrons. The number of nitrogens with zero attached hydrogens (tertiary/aromatic N) is 1. The minimum absolute atomic E-state index is 0.376. The number of thiazole rings is 1. The van der Waals surface area contributed by atoms with Crippen LogP contribution in [-0.2, 0) is 11.3 Å². The van der Waals surface area contributed by atoms with E-state index in [-0.39, 0.29) is 0 Å². The van der Waals surface area contributed by atoms with Crippen molar-refractivity contribution in [2.45, 2.75) is 39.3 Å². The smallest absolute Gasteiger partial charge is 0.119 e. The summed E-state index contributed by atoms with van der Waals surface area (Å²) < 4.78 is 5.46. The molecule has 1 unspecified atom stereocenters. The van der Waals surface area contributed by atoms with Crippen LogP contribution in [0.5, 0.6) is 0 Å². The van der Waals surface area contributed by atoms with Gasteiger partial charge in [0, 0.05) is 18.0 Å². The molecule has 1 aromatic rings. The fourth-order valence-electron chi connectivity index (χ4n) is 1.42. The highest BCUT2D eigenvalue weighted by molar-refractivity contribution is 7.09. The molecule has 1 aromatic heterocycles. The Hall–Kier alpha value is -0.450. The molecule has 1 heterocycles. The van der Waals surface area contributed by atoms with E-state index >= 15 is 0 Å². The average Bonchev–Trinajstić information content (AvgIpc) is 2.69. The van der Waals surface area contributed by atoms with E-state index in [2.05, 4.69) is 29.5 Å². The first-order chi connectivity index (χ1) is 7.31. The van der Waals surface area contributed by atoms with Crippen molar-refractivity contribution in [2.75, 3.05) is 13.7 Å². The Morgan fingerprint density at radius 2 is 2.33 bits per heavy atom. The third kappa shape index (κ3) is 3.89. The zero-order valence-corrected chi connectivity index (χ0v) is 10.6. The van der Waals surface area contributed by atoms with Crippen LogP contribution in [-0.4, -0.2) is 18.6 Å². The molecule has 0 radical (unpaired) electrons. The molecular weight excluding hydrogens is 208 g/mol. The van der Waals surface area contributed by atoms with Gasteiger partial charge in [0.25, 0.3) is 0 Å². The second-order valence-corrected chi connectivity index (χ2v) is 4.41. The Morgan fingerprint density at radius 1 is 1.53 bits per heavy atom. The molecule has 1 rings (SSSR count). The highest BCUT2D eigenvalue weighted by Crippen LogP contribution is 2.19. The van der Waals surface area contributed by atoms with E-state index in [4.69, 9.17) is 4.74 Å². The van der Waals surface area contributed by atoms with Gasteiger partial charge in [0.05, 0.1) is 12.3 Å². The molecule has 0 saturated heterocycles. The van der Waals surface area contributed by atoms with E-state index in [1.54, 1.807) is 11.3 Å². The summed E-state index contributed by atoms with van der Waals surface area (Å²) in [5.74, 6) is 0. The van der Waals surface area contributed by atoms with Crippen LogP contribution < -0.4 is 5.32 Å². The number of hydrogen-bond donors (Lipinski definition) is 1. The Bertz CT molecular complexity index is 271. The minimum atomic E-state index is 0.376. The van der Waals surface area contributed by atoms with E-state index in [0.717, 1.165) is 30.2 Å². The summed E-state index contributed by atoms with van der Waals surface area (Å²) in [6.45, 7) is 5.74. The highest BCUT2D eigenvalue weighted by atomic mass is 32.1. The lowest BCUT2D eigenvalue weighted by Crippen LogP contribution is -2.15. The highest BCUT2D eigenvalue weighted by Gasteiger charge is 2.10. The van der Waals surface area contributed by atoms with E-state index in [0.29, 0.717) is 12.6 Å². The number of ether oxygens (including phenoxy) is 1. The summed E-state index contributed by atoms with van der Waals surface area (Å²) in [6.07, 6.45) is 2.13. The first kappa shape index (κ1) is 12.6. The molecule has 0 saturated carbocycles. The van der Waals surface area contributed by atoms with Crippen LogP contribution in [0, 0.1) is 0 Å². The Labute approximate surface area is 95.9 Å². The third-order valence-corrected chi connectivity index (χ3v) is 3.10. The Morgan fingerprint density at radius 3 is 2.93 bits per heavy atom. The van der Waals surface area contributed by atoms with Gasteiger partial charge in [-0.2, -0.15) is 0 Å². The van der Waals surface area contributed by atoms with Gasteiger partial charge in [-0.25, -0.2) is 4.98 Å². The monoisotopic (exact) mass is 228 g/mol. The minimum Gasteiger partial charge on any atom is -0.374 e. The van der Waals surface area contributed by atoms with Crippen molar-refractivity contribution < 1.29 is 4.74 Å². The molecule has 1 atom stereocenters. The van der Waals surface area contributed by atoms with Crippen LogP contribution in [0.15, 0.2) is 5.38 Å². The van der Waals surface area contributed by atoms with E-state index in [1.807, 2.05) is 7.05 Å². The van der Waals surface area contributed by atoms with Gasteiger partial charge in [0.15, 0.2) is 0 Å². The predicted octanol–water partition coefficient (Wildman–Crippen LogP) is 2.74. The lowest BCUT2D eigenvalue weighted by atomic mass is 10.2.